The van der Waals surface area contributed by atoms with Crippen molar-refractivity contribution in [1.29, 1.82) is 0 Å². The number of allylic oxidation sites excluding steroid dienone is 1. The van der Waals surface area contributed by atoms with Crippen LogP contribution in [0.3, 0.4) is 0 Å². The Labute approximate surface area is 164 Å². The molecule has 1 atom stereocenters. The van der Waals surface area contributed by atoms with Gasteiger partial charge in [-0.3, -0.25) is 14.6 Å². The SMILES string of the molecule is CN(C)CCC1C(=O)c2[nH]c(-c3ccccc3)nc2C2=C1C(=O)C(C)(C)N=C2. The summed E-state index contributed by atoms with van der Waals surface area (Å²) >= 11 is 0. The topological polar surface area (TPSA) is 78.4 Å². The summed E-state index contributed by atoms with van der Waals surface area (Å²) in [7, 11) is 3.93. The van der Waals surface area contributed by atoms with Gasteiger partial charge in [-0.1, -0.05) is 30.3 Å². The fourth-order valence-electron chi connectivity index (χ4n) is 3.79. The number of fused-ring (bicyclic) bond motifs is 2. The second-order valence-corrected chi connectivity index (χ2v) is 8.16. The number of benzene rings is 1. The van der Waals surface area contributed by atoms with Crippen LogP contribution >= 0.6 is 0 Å². The van der Waals surface area contributed by atoms with E-state index in [-0.39, 0.29) is 11.6 Å². The molecule has 1 aromatic heterocycles. The molecule has 28 heavy (non-hydrogen) atoms. The van der Waals surface area contributed by atoms with Gasteiger partial charge in [0.15, 0.2) is 11.6 Å². The lowest BCUT2D eigenvalue weighted by Crippen LogP contribution is -2.41. The summed E-state index contributed by atoms with van der Waals surface area (Å²) in [4.78, 5) is 40.9. The molecule has 1 aromatic carbocycles. The number of imidazole rings is 1. The summed E-state index contributed by atoms with van der Waals surface area (Å²) in [5.41, 5.74) is 2.29. The molecule has 0 amide bonds. The molecule has 1 N–H and O–H groups in total. The number of nitrogens with zero attached hydrogens (tertiary/aromatic N) is 3. The maximum absolute atomic E-state index is 13.4. The van der Waals surface area contributed by atoms with Crippen LogP contribution in [0.4, 0.5) is 0 Å². The summed E-state index contributed by atoms with van der Waals surface area (Å²) in [5.74, 6) is -0.000936. The Hall–Kier alpha value is -2.86. The number of hydrogen-bond acceptors (Lipinski definition) is 5. The Morgan fingerprint density at radius 3 is 2.54 bits per heavy atom. The number of rotatable bonds is 4. The highest BCUT2D eigenvalue weighted by atomic mass is 16.1. The highest BCUT2D eigenvalue weighted by molar-refractivity contribution is 6.30. The van der Waals surface area contributed by atoms with Crippen LogP contribution in [-0.2, 0) is 4.79 Å². The number of Topliss-reactive ketones (excluding diaryl/α,β-unsaturated/α-hetero) is 2. The standard InChI is InChI=1S/C22H24N4O2/c1-22(2)20(28)16-14(10-11-26(3)4)19(27)18-17(15(16)12-23-22)24-21(25-18)13-8-6-5-7-9-13/h5-9,12,14H,10-11H2,1-4H3,(H,24,25). The van der Waals surface area contributed by atoms with Gasteiger partial charge in [0.1, 0.15) is 22.8 Å². The first-order chi connectivity index (χ1) is 13.3. The van der Waals surface area contributed by atoms with E-state index >= 15 is 0 Å². The number of carbonyl (C=O) groups excluding carboxylic acids is 2. The highest BCUT2D eigenvalue weighted by Crippen LogP contribution is 2.40. The Morgan fingerprint density at radius 1 is 1.14 bits per heavy atom. The van der Waals surface area contributed by atoms with Gasteiger partial charge < -0.3 is 9.88 Å². The van der Waals surface area contributed by atoms with Crippen molar-refractivity contribution >= 4 is 23.4 Å². The van der Waals surface area contributed by atoms with Gasteiger partial charge in [0.05, 0.1) is 5.92 Å². The molecule has 0 radical (unpaired) electrons. The van der Waals surface area contributed by atoms with Crippen molar-refractivity contribution in [1.82, 2.24) is 14.9 Å². The molecule has 1 aliphatic heterocycles. The minimum atomic E-state index is -0.856. The molecule has 2 heterocycles. The number of aromatic nitrogens is 2. The molecule has 0 fully saturated rings. The van der Waals surface area contributed by atoms with Crippen LogP contribution in [0.5, 0.6) is 0 Å². The summed E-state index contributed by atoms with van der Waals surface area (Å²) in [6.07, 6.45) is 2.31. The van der Waals surface area contributed by atoms with Crippen molar-refractivity contribution in [2.75, 3.05) is 20.6 Å². The fraction of sp³-hybridized carbons (Fsp3) is 0.364. The normalized spacial score (nSPS) is 20.5. The smallest absolute Gasteiger partial charge is 0.188 e. The van der Waals surface area contributed by atoms with Crippen molar-refractivity contribution in [3.63, 3.8) is 0 Å². The number of nitrogens with one attached hydrogen (secondary N) is 1. The number of H-pyrrole nitrogens is 1. The van der Waals surface area contributed by atoms with Crippen LogP contribution in [0.15, 0.2) is 40.9 Å². The molecule has 2 aliphatic rings. The van der Waals surface area contributed by atoms with E-state index in [1.54, 1.807) is 20.1 Å². The van der Waals surface area contributed by atoms with E-state index in [1.165, 1.54) is 0 Å². The Balaban J connectivity index is 1.87. The van der Waals surface area contributed by atoms with Crippen molar-refractivity contribution in [3.8, 4) is 11.4 Å². The molecule has 2 aromatic rings. The van der Waals surface area contributed by atoms with Gasteiger partial charge in [-0.05, 0) is 40.9 Å². The maximum atomic E-state index is 13.4. The van der Waals surface area contributed by atoms with Crippen LogP contribution in [0.2, 0.25) is 0 Å². The van der Waals surface area contributed by atoms with Crippen molar-refractivity contribution in [2.24, 2.45) is 10.9 Å². The molecule has 0 saturated heterocycles. The number of hydrogen-bond donors (Lipinski definition) is 1. The third kappa shape index (κ3) is 2.94. The number of dihydropyridines is 1. The van der Waals surface area contributed by atoms with Crippen LogP contribution in [0, 0.1) is 5.92 Å². The Morgan fingerprint density at radius 2 is 1.86 bits per heavy atom. The lowest BCUT2D eigenvalue weighted by atomic mass is 9.73. The van der Waals surface area contributed by atoms with Gasteiger partial charge in [0.25, 0.3) is 0 Å². The Bertz CT molecular complexity index is 1010. The molecular weight excluding hydrogens is 352 g/mol. The van der Waals surface area contributed by atoms with Crippen molar-refractivity contribution in [2.45, 2.75) is 25.8 Å². The van der Waals surface area contributed by atoms with Crippen molar-refractivity contribution < 1.29 is 9.59 Å². The predicted molar refractivity (Wildman–Crippen MR) is 110 cm³/mol. The molecule has 0 saturated carbocycles. The van der Waals surface area contributed by atoms with E-state index in [4.69, 9.17) is 0 Å². The average Bonchev–Trinajstić information content (AvgIpc) is 3.11. The third-order valence-corrected chi connectivity index (χ3v) is 5.39. The average molecular weight is 376 g/mol. The second-order valence-electron chi connectivity index (χ2n) is 8.16. The molecule has 0 spiro atoms. The quantitative estimate of drug-likeness (QED) is 0.890. The zero-order chi connectivity index (χ0) is 20.1. The van der Waals surface area contributed by atoms with E-state index in [1.807, 2.05) is 49.3 Å². The molecule has 1 aliphatic carbocycles. The maximum Gasteiger partial charge on any atom is 0.188 e. The minimum Gasteiger partial charge on any atom is -0.335 e. The van der Waals surface area contributed by atoms with Gasteiger partial charge >= 0.3 is 0 Å². The van der Waals surface area contributed by atoms with Crippen molar-refractivity contribution in [3.05, 3.63) is 47.3 Å². The molecule has 6 nitrogen and oxygen atoms in total. The number of carbonyl (C=O) groups is 2. The predicted octanol–water partition coefficient (Wildman–Crippen LogP) is 3.03. The Kier molecular flexibility index (Phi) is 4.38. The van der Waals surface area contributed by atoms with Crippen LogP contribution in [0.1, 0.15) is 36.5 Å². The first kappa shape index (κ1) is 18.5. The van der Waals surface area contributed by atoms with E-state index in [2.05, 4.69) is 15.0 Å². The first-order valence-electron chi connectivity index (χ1n) is 9.48. The summed E-state index contributed by atoms with van der Waals surface area (Å²) in [5, 5.41) is 0. The highest BCUT2D eigenvalue weighted by Gasteiger charge is 2.45. The van der Waals surface area contributed by atoms with E-state index in [0.29, 0.717) is 41.3 Å². The van der Waals surface area contributed by atoms with Gasteiger partial charge in [-0.2, -0.15) is 0 Å². The van der Waals surface area contributed by atoms with E-state index in [0.717, 1.165) is 5.56 Å². The molecule has 6 heteroatoms. The minimum absolute atomic E-state index is 0.0651. The summed E-state index contributed by atoms with van der Waals surface area (Å²) < 4.78 is 0. The molecule has 144 valence electrons. The summed E-state index contributed by atoms with van der Waals surface area (Å²) in [6, 6.07) is 9.67. The second kappa shape index (κ2) is 6.63. The molecule has 4 rings (SSSR count). The fourth-order valence-corrected chi connectivity index (χ4v) is 3.79. The van der Waals surface area contributed by atoms with Gasteiger partial charge in [-0.15, -0.1) is 0 Å². The summed E-state index contributed by atoms with van der Waals surface area (Å²) in [6.45, 7) is 4.30. The molecule has 1 unspecified atom stereocenters. The van der Waals surface area contributed by atoms with Crippen LogP contribution in [-0.4, -0.2) is 58.8 Å². The molecule has 0 bridgehead atoms. The lowest BCUT2D eigenvalue weighted by Gasteiger charge is -2.32. The van der Waals surface area contributed by atoms with E-state index < -0.39 is 11.5 Å². The zero-order valence-corrected chi connectivity index (χ0v) is 16.6. The third-order valence-electron chi connectivity index (χ3n) is 5.39. The monoisotopic (exact) mass is 376 g/mol. The van der Waals surface area contributed by atoms with Gasteiger partial charge in [0.2, 0.25) is 0 Å². The number of ketones is 2. The zero-order valence-electron chi connectivity index (χ0n) is 16.6. The number of aliphatic imine (C=N–C) groups is 1. The largest absolute Gasteiger partial charge is 0.335 e. The van der Waals surface area contributed by atoms with E-state index in [9.17, 15) is 9.59 Å². The number of aromatic amines is 1. The van der Waals surface area contributed by atoms with Crippen LogP contribution in [0.25, 0.3) is 17.0 Å². The lowest BCUT2D eigenvalue weighted by molar-refractivity contribution is -0.119. The molecular formula is C22H24N4O2. The van der Waals surface area contributed by atoms with Crippen LogP contribution < -0.4 is 0 Å². The van der Waals surface area contributed by atoms with Gasteiger partial charge in [0, 0.05) is 22.9 Å². The van der Waals surface area contributed by atoms with Gasteiger partial charge in [-0.25, -0.2) is 4.98 Å². The first-order valence-corrected chi connectivity index (χ1v) is 9.48.